The molecule has 3 nitrogen and oxygen atoms in total. The Labute approximate surface area is 49.4 Å². The Morgan fingerprint density at radius 3 is 3.12 bits per heavy atom. The molecule has 1 aliphatic rings. The van der Waals surface area contributed by atoms with Crippen molar-refractivity contribution in [3.63, 3.8) is 0 Å². The summed E-state index contributed by atoms with van der Waals surface area (Å²) in [6.45, 7) is 0. The zero-order valence-corrected chi connectivity index (χ0v) is 4.84. The summed E-state index contributed by atoms with van der Waals surface area (Å²) in [7, 11) is -1.24. The van der Waals surface area contributed by atoms with E-state index < -0.39 is 11.0 Å². The molecule has 0 aromatic carbocycles. The second kappa shape index (κ2) is 2.52. The summed E-state index contributed by atoms with van der Waals surface area (Å²) in [5.41, 5.74) is 0. The largest absolute Gasteiger partial charge is 0.229 e. The van der Waals surface area contributed by atoms with E-state index in [1.54, 1.807) is 12.2 Å². The Kier molecular flexibility index (Phi) is 1.69. The first kappa shape index (κ1) is 5.37. The number of nitrogens with zero attached hydrogens (tertiary/aromatic N) is 2. The van der Waals surface area contributed by atoms with E-state index in [9.17, 15) is 4.21 Å². The average molecular weight is 128 g/mol. The highest BCUT2D eigenvalue weighted by atomic mass is 32.2. The maximum Gasteiger partial charge on any atom is 0.184 e. The molecule has 0 N–H and O–H groups in total. The Hall–Kier alpha value is -0.770. The minimum absolute atomic E-state index is 1.24. The van der Waals surface area contributed by atoms with Crippen LogP contribution in [0.3, 0.4) is 0 Å². The summed E-state index contributed by atoms with van der Waals surface area (Å²) in [4.78, 5) is 0. The first-order chi connectivity index (χ1) is 3.89. The van der Waals surface area contributed by atoms with Crippen molar-refractivity contribution in [3.05, 3.63) is 23.8 Å². The lowest BCUT2D eigenvalue weighted by Crippen LogP contribution is -1.69. The van der Waals surface area contributed by atoms with Gasteiger partial charge in [0.15, 0.2) is 11.0 Å². The van der Waals surface area contributed by atoms with Crippen molar-refractivity contribution in [2.45, 2.75) is 0 Å². The van der Waals surface area contributed by atoms with E-state index in [2.05, 4.69) is 9.63 Å². The van der Waals surface area contributed by atoms with Crippen LogP contribution in [0.1, 0.15) is 0 Å². The van der Waals surface area contributed by atoms with E-state index >= 15 is 0 Å². The molecule has 0 fully saturated rings. The molecule has 4 heteroatoms. The highest BCUT2D eigenvalue weighted by molar-refractivity contribution is 7.86. The van der Waals surface area contributed by atoms with Gasteiger partial charge in [0.25, 0.3) is 0 Å². The molecule has 8 heavy (non-hydrogen) atoms. The second-order valence-electron chi connectivity index (χ2n) is 1.14. The number of rotatable bonds is 0. The van der Waals surface area contributed by atoms with E-state index in [1.807, 2.05) is 0 Å². The topological polar surface area (TPSA) is 41.8 Å². The fraction of sp³-hybridized carbons (Fsp3) is 0. The zero-order chi connectivity index (χ0) is 5.82. The predicted molar refractivity (Wildman–Crippen MR) is 31.3 cm³/mol. The van der Waals surface area contributed by atoms with Crippen LogP contribution in [-0.2, 0) is 11.0 Å². The molecular formula is C4H4N2OS. The van der Waals surface area contributed by atoms with Crippen LogP contribution in [0.2, 0.25) is 0 Å². The molecule has 0 radical (unpaired) electrons. The zero-order valence-electron chi connectivity index (χ0n) is 4.02. The molecule has 1 rings (SSSR count). The fourth-order valence-electron chi connectivity index (χ4n) is 0.302. The summed E-state index contributed by atoms with van der Waals surface area (Å²) in [6.07, 6.45) is 4.81. The standard InChI is InChI=1S/C4H4N2OS/c7-8-4-2-1-3-5-6-8/h1-4H. The molecule has 0 saturated carbocycles. The van der Waals surface area contributed by atoms with E-state index in [-0.39, 0.29) is 0 Å². The molecule has 0 aromatic heterocycles. The van der Waals surface area contributed by atoms with Crippen LogP contribution in [0.25, 0.3) is 0 Å². The minimum atomic E-state index is -1.24. The molecule has 0 bridgehead atoms. The number of hydrogen-bond donors (Lipinski definition) is 0. The van der Waals surface area contributed by atoms with Gasteiger partial charge in [-0.05, 0) is 12.2 Å². The summed E-state index contributed by atoms with van der Waals surface area (Å²) in [5.74, 6) is 0. The summed E-state index contributed by atoms with van der Waals surface area (Å²) in [5, 5.41) is 4.90. The lowest BCUT2D eigenvalue weighted by molar-refractivity contribution is 0.688. The molecule has 1 unspecified atom stereocenters. The molecule has 1 heterocycles. The minimum Gasteiger partial charge on any atom is -0.229 e. The normalized spacial score (nSPS) is 25.8. The van der Waals surface area contributed by atoms with Crippen LogP contribution < -0.4 is 0 Å². The van der Waals surface area contributed by atoms with Crippen LogP contribution in [0.15, 0.2) is 33.4 Å². The van der Waals surface area contributed by atoms with Crippen molar-refractivity contribution in [2.75, 3.05) is 0 Å². The van der Waals surface area contributed by atoms with Crippen molar-refractivity contribution >= 4 is 11.0 Å². The SMILES string of the molecule is O=S1C=CC=CN=N1. The maximum absolute atomic E-state index is 10.4. The molecule has 0 aromatic rings. The van der Waals surface area contributed by atoms with E-state index in [4.69, 9.17) is 0 Å². The summed E-state index contributed by atoms with van der Waals surface area (Å²) in [6, 6.07) is 0. The van der Waals surface area contributed by atoms with Crippen molar-refractivity contribution in [1.82, 2.24) is 0 Å². The Balaban J connectivity index is 2.81. The fourth-order valence-corrected chi connectivity index (χ4v) is 0.729. The van der Waals surface area contributed by atoms with Crippen molar-refractivity contribution in [3.8, 4) is 0 Å². The monoisotopic (exact) mass is 128 g/mol. The number of allylic oxidation sites excluding steroid dienone is 2. The quantitative estimate of drug-likeness (QED) is 0.482. The van der Waals surface area contributed by atoms with Crippen molar-refractivity contribution in [1.29, 1.82) is 0 Å². The Morgan fingerprint density at radius 2 is 2.25 bits per heavy atom. The van der Waals surface area contributed by atoms with Gasteiger partial charge in [-0.2, -0.15) is 0 Å². The molecular weight excluding hydrogens is 124 g/mol. The van der Waals surface area contributed by atoms with Crippen LogP contribution >= 0.6 is 0 Å². The molecule has 42 valence electrons. The van der Waals surface area contributed by atoms with E-state index in [1.165, 1.54) is 11.6 Å². The molecule has 1 atom stereocenters. The highest BCUT2D eigenvalue weighted by Crippen LogP contribution is 1.94. The van der Waals surface area contributed by atoms with Crippen LogP contribution in [-0.4, -0.2) is 4.21 Å². The highest BCUT2D eigenvalue weighted by Gasteiger charge is 1.85. The molecule has 0 saturated heterocycles. The molecule has 0 spiro atoms. The van der Waals surface area contributed by atoms with Crippen molar-refractivity contribution < 1.29 is 4.21 Å². The lowest BCUT2D eigenvalue weighted by atomic mass is 10.6. The van der Waals surface area contributed by atoms with Gasteiger partial charge in [0, 0.05) is 5.41 Å². The second-order valence-corrected chi connectivity index (χ2v) is 2.13. The Bertz CT molecular complexity index is 164. The molecule has 1 aliphatic heterocycles. The van der Waals surface area contributed by atoms with E-state index in [0.717, 1.165) is 0 Å². The summed E-state index contributed by atoms with van der Waals surface area (Å²) < 4.78 is 13.8. The van der Waals surface area contributed by atoms with Gasteiger partial charge in [0.1, 0.15) is 0 Å². The lowest BCUT2D eigenvalue weighted by Gasteiger charge is -1.72. The predicted octanol–water partition coefficient (Wildman–Crippen LogP) is 1.14. The van der Waals surface area contributed by atoms with Crippen molar-refractivity contribution in [2.24, 2.45) is 9.63 Å². The van der Waals surface area contributed by atoms with Crippen LogP contribution in [0, 0.1) is 0 Å². The Morgan fingerprint density at radius 1 is 1.38 bits per heavy atom. The molecule has 0 aliphatic carbocycles. The van der Waals surface area contributed by atoms with E-state index in [0.29, 0.717) is 0 Å². The van der Waals surface area contributed by atoms with Crippen LogP contribution in [0.5, 0.6) is 0 Å². The van der Waals surface area contributed by atoms with Gasteiger partial charge in [-0.1, -0.05) is 4.52 Å². The van der Waals surface area contributed by atoms with Gasteiger partial charge in [0.05, 0.1) is 6.20 Å². The van der Waals surface area contributed by atoms with Gasteiger partial charge >= 0.3 is 0 Å². The van der Waals surface area contributed by atoms with Gasteiger partial charge in [-0.15, -0.1) is 5.11 Å². The number of hydrogen-bond acceptors (Lipinski definition) is 2. The third-order valence-corrected chi connectivity index (χ3v) is 1.23. The maximum atomic E-state index is 10.4. The third-order valence-electron chi connectivity index (χ3n) is 0.586. The van der Waals surface area contributed by atoms with Crippen LogP contribution in [0.4, 0.5) is 0 Å². The van der Waals surface area contributed by atoms with Gasteiger partial charge in [0.2, 0.25) is 0 Å². The summed E-state index contributed by atoms with van der Waals surface area (Å²) >= 11 is 0. The van der Waals surface area contributed by atoms with Gasteiger partial charge in [-0.3, -0.25) is 0 Å². The van der Waals surface area contributed by atoms with Gasteiger partial charge in [-0.25, -0.2) is 4.21 Å². The first-order valence-electron chi connectivity index (χ1n) is 2.04. The average Bonchev–Trinajstić information content (AvgIpc) is 1.94. The first-order valence-corrected chi connectivity index (χ1v) is 3.21. The molecule has 0 amide bonds. The smallest absolute Gasteiger partial charge is 0.184 e. The third kappa shape index (κ3) is 1.38. The van der Waals surface area contributed by atoms with Gasteiger partial charge < -0.3 is 0 Å².